The SMILES string of the molecule is CCC[C@H](CC1(C(=O)N(COCc2ccccc2)c2nnc(CC)s2)CCCC1)C(=O)O. The number of aromatic nitrogens is 2. The first-order valence-corrected chi connectivity index (χ1v) is 12.3. The Kier molecular flexibility index (Phi) is 8.75. The fourth-order valence-corrected chi connectivity index (χ4v) is 5.27. The van der Waals surface area contributed by atoms with E-state index in [2.05, 4.69) is 10.2 Å². The summed E-state index contributed by atoms with van der Waals surface area (Å²) in [7, 11) is 0. The molecular weight excluding hydrogens is 426 g/mol. The van der Waals surface area contributed by atoms with E-state index in [9.17, 15) is 14.7 Å². The highest BCUT2D eigenvalue weighted by molar-refractivity contribution is 7.15. The van der Waals surface area contributed by atoms with Crippen molar-refractivity contribution in [1.29, 1.82) is 0 Å². The van der Waals surface area contributed by atoms with Crippen LogP contribution in [-0.2, 0) is 27.4 Å². The Labute approximate surface area is 193 Å². The third kappa shape index (κ3) is 5.92. The molecule has 1 atom stereocenters. The molecule has 32 heavy (non-hydrogen) atoms. The lowest BCUT2D eigenvalue weighted by atomic mass is 9.75. The van der Waals surface area contributed by atoms with Crippen LogP contribution in [0.25, 0.3) is 0 Å². The summed E-state index contributed by atoms with van der Waals surface area (Å²) in [5, 5.41) is 19.6. The van der Waals surface area contributed by atoms with E-state index in [0.29, 0.717) is 37.4 Å². The van der Waals surface area contributed by atoms with Crippen molar-refractivity contribution in [3.05, 3.63) is 40.9 Å². The minimum absolute atomic E-state index is 0.0688. The summed E-state index contributed by atoms with van der Waals surface area (Å²) < 4.78 is 5.93. The van der Waals surface area contributed by atoms with Crippen LogP contribution in [0.5, 0.6) is 0 Å². The quantitative estimate of drug-likeness (QED) is 0.446. The van der Waals surface area contributed by atoms with Gasteiger partial charge in [0, 0.05) is 0 Å². The largest absolute Gasteiger partial charge is 0.481 e. The van der Waals surface area contributed by atoms with Crippen LogP contribution in [-0.4, -0.2) is 33.9 Å². The summed E-state index contributed by atoms with van der Waals surface area (Å²) in [5.74, 6) is -1.42. The highest BCUT2D eigenvalue weighted by Crippen LogP contribution is 2.46. The van der Waals surface area contributed by atoms with Gasteiger partial charge in [-0.3, -0.25) is 14.5 Å². The van der Waals surface area contributed by atoms with Gasteiger partial charge in [-0.2, -0.15) is 0 Å². The van der Waals surface area contributed by atoms with Crippen molar-refractivity contribution < 1.29 is 19.4 Å². The Morgan fingerprint density at radius 2 is 1.91 bits per heavy atom. The van der Waals surface area contributed by atoms with Crippen molar-refractivity contribution in [2.45, 2.75) is 71.8 Å². The maximum atomic E-state index is 14.0. The maximum absolute atomic E-state index is 14.0. The second kappa shape index (κ2) is 11.5. The van der Waals surface area contributed by atoms with Crippen LogP contribution in [0, 0.1) is 11.3 Å². The maximum Gasteiger partial charge on any atom is 0.306 e. The molecule has 1 saturated carbocycles. The number of amides is 1. The predicted octanol–water partition coefficient (Wildman–Crippen LogP) is 5.06. The second-order valence-electron chi connectivity index (χ2n) is 8.54. The van der Waals surface area contributed by atoms with E-state index in [1.807, 2.05) is 44.2 Å². The van der Waals surface area contributed by atoms with E-state index in [0.717, 1.165) is 36.3 Å². The minimum atomic E-state index is -0.818. The Hall–Kier alpha value is -2.32. The van der Waals surface area contributed by atoms with Gasteiger partial charge in [0.1, 0.15) is 11.7 Å². The molecule has 174 valence electrons. The summed E-state index contributed by atoms with van der Waals surface area (Å²) in [6.45, 7) is 4.43. The monoisotopic (exact) mass is 459 g/mol. The summed E-state index contributed by atoms with van der Waals surface area (Å²) in [5.41, 5.74) is 0.336. The first-order chi connectivity index (χ1) is 15.5. The average Bonchev–Trinajstić information content (AvgIpc) is 3.47. The molecule has 1 aliphatic carbocycles. The molecule has 3 rings (SSSR count). The van der Waals surface area contributed by atoms with E-state index >= 15 is 0 Å². The van der Waals surface area contributed by atoms with Crippen molar-refractivity contribution in [3.8, 4) is 0 Å². The van der Waals surface area contributed by atoms with Gasteiger partial charge in [0.25, 0.3) is 0 Å². The predicted molar refractivity (Wildman–Crippen MR) is 124 cm³/mol. The zero-order valence-corrected chi connectivity index (χ0v) is 19.8. The van der Waals surface area contributed by atoms with Crippen LogP contribution in [0.3, 0.4) is 0 Å². The number of carboxylic acids is 1. The molecule has 1 aromatic carbocycles. The molecule has 0 radical (unpaired) electrons. The number of carbonyl (C=O) groups is 2. The first-order valence-electron chi connectivity index (χ1n) is 11.5. The standard InChI is InChI=1S/C24H33N3O4S/c1-3-10-19(21(28)29)15-24(13-8-9-14-24)22(30)27(23-26-25-20(4-2)32-23)17-31-16-18-11-6-5-7-12-18/h5-7,11-12,19H,3-4,8-10,13-17H2,1-2H3,(H,28,29)/t19-/m1/s1. The topological polar surface area (TPSA) is 92.6 Å². The Morgan fingerprint density at radius 1 is 1.19 bits per heavy atom. The number of rotatable bonds is 12. The number of aryl methyl sites for hydroxylation is 1. The van der Waals surface area contributed by atoms with E-state index in [1.165, 1.54) is 11.3 Å². The summed E-state index contributed by atoms with van der Waals surface area (Å²) in [6, 6.07) is 9.81. The molecule has 1 fully saturated rings. The molecule has 0 bridgehead atoms. The minimum Gasteiger partial charge on any atom is -0.481 e. The number of benzene rings is 1. The van der Waals surface area contributed by atoms with Gasteiger partial charge < -0.3 is 9.84 Å². The average molecular weight is 460 g/mol. The number of carbonyl (C=O) groups excluding carboxylic acids is 1. The second-order valence-corrected chi connectivity index (χ2v) is 9.58. The number of carboxylic acid groups (broad SMARTS) is 1. The Balaban J connectivity index is 1.83. The van der Waals surface area contributed by atoms with Crippen molar-refractivity contribution in [2.75, 3.05) is 11.6 Å². The Morgan fingerprint density at radius 3 is 2.50 bits per heavy atom. The zero-order chi connectivity index (χ0) is 23.0. The van der Waals surface area contributed by atoms with E-state index in [4.69, 9.17) is 4.74 Å². The highest BCUT2D eigenvalue weighted by atomic mass is 32.1. The van der Waals surface area contributed by atoms with Gasteiger partial charge in [0.15, 0.2) is 0 Å². The molecule has 1 aromatic heterocycles. The number of anilines is 1. The number of hydrogen-bond acceptors (Lipinski definition) is 6. The van der Waals surface area contributed by atoms with E-state index < -0.39 is 17.3 Å². The van der Waals surface area contributed by atoms with Gasteiger partial charge in [-0.25, -0.2) is 0 Å². The first kappa shape index (κ1) is 24.3. The van der Waals surface area contributed by atoms with Gasteiger partial charge in [0.05, 0.1) is 17.9 Å². The third-order valence-electron chi connectivity index (χ3n) is 6.20. The number of hydrogen-bond donors (Lipinski definition) is 1. The summed E-state index contributed by atoms with van der Waals surface area (Å²) >= 11 is 1.40. The van der Waals surface area contributed by atoms with Crippen LogP contribution in [0.4, 0.5) is 5.13 Å². The lowest BCUT2D eigenvalue weighted by molar-refractivity contribution is -0.144. The van der Waals surface area contributed by atoms with Gasteiger partial charge >= 0.3 is 5.97 Å². The number of ether oxygens (including phenoxy) is 1. The normalized spacial score (nSPS) is 16.1. The van der Waals surface area contributed by atoms with Crippen molar-refractivity contribution in [2.24, 2.45) is 11.3 Å². The Bertz CT molecular complexity index is 880. The molecule has 1 N–H and O–H groups in total. The van der Waals surface area contributed by atoms with Crippen molar-refractivity contribution >= 4 is 28.3 Å². The molecular formula is C24H33N3O4S. The van der Waals surface area contributed by atoms with Crippen molar-refractivity contribution in [3.63, 3.8) is 0 Å². The lowest BCUT2D eigenvalue weighted by Crippen LogP contribution is -2.45. The highest BCUT2D eigenvalue weighted by Gasteiger charge is 2.46. The smallest absolute Gasteiger partial charge is 0.306 e. The molecule has 2 aromatic rings. The number of nitrogens with zero attached hydrogens (tertiary/aromatic N) is 3. The fourth-order valence-electron chi connectivity index (χ4n) is 4.50. The van der Waals surface area contributed by atoms with Crippen LogP contribution in [0.15, 0.2) is 30.3 Å². The van der Waals surface area contributed by atoms with Crippen LogP contribution in [0.2, 0.25) is 0 Å². The molecule has 1 aliphatic rings. The van der Waals surface area contributed by atoms with E-state index in [-0.39, 0.29) is 12.6 Å². The molecule has 0 unspecified atom stereocenters. The third-order valence-corrected chi connectivity index (χ3v) is 7.30. The van der Waals surface area contributed by atoms with Gasteiger partial charge in [-0.1, -0.05) is 74.8 Å². The van der Waals surface area contributed by atoms with Gasteiger partial charge in [-0.05, 0) is 37.7 Å². The lowest BCUT2D eigenvalue weighted by Gasteiger charge is -2.34. The fraction of sp³-hybridized carbons (Fsp3) is 0.583. The van der Waals surface area contributed by atoms with E-state index in [1.54, 1.807) is 4.90 Å². The van der Waals surface area contributed by atoms with Crippen LogP contribution >= 0.6 is 11.3 Å². The molecule has 8 heteroatoms. The summed E-state index contributed by atoms with van der Waals surface area (Å²) in [6.07, 6.45) is 5.73. The molecule has 1 amide bonds. The molecule has 0 saturated heterocycles. The summed E-state index contributed by atoms with van der Waals surface area (Å²) in [4.78, 5) is 27.4. The molecule has 7 nitrogen and oxygen atoms in total. The van der Waals surface area contributed by atoms with Crippen LogP contribution < -0.4 is 4.90 Å². The van der Waals surface area contributed by atoms with Gasteiger partial charge in [-0.15, -0.1) is 10.2 Å². The molecule has 0 aliphatic heterocycles. The zero-order valence-electron chi connectivity index (χ0n) is 19.0. The van der Waals surface area contributed by atoms with Gasteiger partial charge in [0.2, 0.25) is 11.0 Å². The molecule has 0 spiro atoms. The number of aliphatic carboxylic acids is 1. The van der Waals surface area contributed by atoms with Crippen LogP contribution in [0.1, 0.15) is 69.4 Å². The van der Waals surface area contributed by atoms with Crippen molar-refractivity contribution in [1.82, 2.24) is 10.2 Å². The molecule has 1 heterocycles.